The maximum absolute atomic E-state index is 12.2. The smallest absolute Gasteiger partial charge is 0.255 e. The molecule has 0 aliphatic heterocycles. The molecule has 126 valence electrons. The van der Waals surface area contributed by atoms with Gasteiger partial charge in [0, 0.05) is 17.1 Å². The molecule has 0 spiro atoms. The lowest BCUT2D eigenvalue weighted by molar-refractivity contribution is 0.102. The van der Waals surface area contributed by atoms with Crippen molar-refractivity contribution < 1.29 is 4.79 Å². The maximum atomic E-state index is 12.2. The number of amides is 1. The van der Waals surface area contributed by atoms with Crippen LogP contribution < -0.4 is 10.6 Å². The molecule has 1 aromatic heterocycles. The van der Waals surface area contributed by atoms with Crippen LogP contribution in [0.15, 0.2) is 66.9 Å². The molecular weight excluding hydrogens is 334 g/mol. The Labute approximate surface area is 151 Å². The summed E-state index contributed by atoms with van der Waals surface area (Å²) < 4.78 is 0. The highest BCUT2D eigenvalue weighted by atomic mass is 35.5. The number of pyridine rings is 1. The molecule has 0 unspecified atom stereocenters. The second kappa shape index (κ2) is 7.81. The summed E-state index contributed by atoms with van der Waals surface area (Å²) in [6.07, 6.45) is 1.63. The SMILES string of the molecule is Cc1ccc(CNc2ccc(NC(=O)c3ccc(Cl)cc3)cn2)cc1. The standard InChI is InChI=1S/C20H18ClN3O/c1-14-2-4-15(5-3-14)12-22-19-11-10-18(13-23-19)24-20(25)16-6-8-17(21)9-7-16/h2-11,13H,12H2,1H3,(H,22,23)(H,24,25). The summed E-state index contributed by atoms with van der Waals surface area (Å²) in [6.45, 7) is 2.76. The highest BCUT2D eigenvalue weighted by Gasteiger charge is 2.06. The largest absolute Gasteiger partial charge is 0.366 e. The monoisotopic (exact) mass is 351 g/mol. The number of hydrogen-bond acceptors (Lipinski definition) is 3. The summed E-state index contributed by atoms with van der Waals surface area (Å²) in [6, 6.07) is 18.7. The second-order valence-corrected chi connectivity index (χ2v) is 6.17. The lowest BCUT2D eigenvalue weighted by Gasteiger charge is -2.08. The van der Waals surface area contributed by atoms with Gasteiger partial charge >= 0.3 is 0 Å². The van der Waals surface area contributed by atoms with Crippen LogP contribution in [0.4, 0.5) is 11.5 Å². The molecule has 0 bridgehead atoms. The van der Waals surface area contributed by atoms with Crippen molar-refractivity contribution >= 4 is 29.0 Å². The van der Waals surface area contributed by atoms with Crippen LogP contribution in [0.1, 0.15) is 21.5 Å². The third-order valence-corrected chi connectivity index (χ3v) is 3.97. The van der Waals surface area contributed by atoms with Crippen molar-refractivity contribution in [1.82, 2.24) is 4.98 Å². The van der Waals surface area contributed by atoms with E-state index >= 15 is 0 Å². The fourth-order valence-electron chi connectivity index (χ4n) is 2.28. The van der Waals surface area contributed by atoms with E-state index in [1.807, 2.05) is 12.1 Å². The van der Waals surface area contributed by atoms with Crippen molar-refractivity contribution in [2.24, 2.45) is 0 Å². The maximum Gasteiger partial charge on any atom is 0.255 e. The molecule has 3 rings (SSSR count). The Balaban J connectivity index is 1.57. The normalized spacial score (nSPS) is 10.3. The first-order valence-corrected chi connectivity index (χ1v) is 8.30. The number of nitrogens with one attached hydrogen (secondary N) is 2. The van der Waals surface area contributed by atoms with Crippen LogP contribution in [-0.2, 0) is 6.54 Å². The third-order valence-electron chi connectivity index (χ3n) is 3.72. The minimum atomic E-state index is -0.196. The van der Waals surface area contributed by atoms with Crippen molar-refractivity contribution in [2.45, 2.75) is 13.5 Å². The number of carbonyl (C=O) groups excluding carboxylic acids is 1. The molecule has 2 N–H and O–H groups in total. The van der Waals surface area contributed by atoms with Crippen LogP contribution >= 0.6 is 11.6 Å². The highest BCUT2D eigenvalue weighted by molar-refractivity contribution is 6.30. The summed E-state index contributed by atoms with van der Waals surface area (Å²) in [5.74, 6) is 0.559. The van der Waals surface area contributed by atoms with Gasteiger partial charge in [0.1, 0.15) is 5.82 Å². The van der Waals surface area contributed by atoms with Gasteiger partial charge in [0.25, 0.3) is 5.91 Å². The summed E-state index contributed by atoms with van der Waals surface area (Å²) >= 11 is 5.83. The molecule has 25 heavy (non-hydrogen) atoms. The number of hydrogen-bond donors (Lipinski definition) is 2. The number of benzene rings is 2. The van der Waals surface area contributed by atoms with Gasteiger partial charge in [-0.3, -0.25) is 4.79 Å². The first-order chi connectivity index (χ1) is 12.1. The van der Waals surface area contributed by atoms with E-state index in [4.69, 9.17) is 11.6 Å². The first-order valence-electron chi connectivity index (χ1n) is 7.92. The number of rotatable bonds is 5. The van der Waals surface area contributed by atoms with Crippen molar-refractivity contribution in [2.75, 3.05) is 10.6 Å². The average Bonchev–Trinajstić information content (AvgIpc) is 2.63. The quantitative estimate of drug-likeness (QED) is 0.686. The molecule has 5 heteroatoms. The average molecular weight is 352 g/mol. The Morgan fingerprint density at radius 1 is 1.00 bits per heavy atom. The second-order valence-electron chi connectivity index (χ2n) is 5.73. The van der Waals surface area contributed by atoms with Gasteiger partial charge in [-0.15, -0.1) is 0 Å². The van der Waals surface area contributed by atoms with Gasteiger partial charge in [0.15, 0.2) is 0 Å². The predicted octanol–water partition coefficient (Wildman–Crippen LogP) is 4.91. The minimum absolute atomic E-state index is 0.196. The van der Waals surface area contributed by atoms with Gasteiger partial charge in [-0.2, -0.15) is 0 Å². The zero-order valence-corrected chi connectivity index (χ0v) is 14.5. The number of aryl methyl sites for hydroxylation is 1. The van der Waals surface area contributed by atoms with Gasteiger partial charge in [-0.25, -0.2) is 4.98 Å². The number of anilines is 2. The van der Waals surface area contributed by atoms with Crippen LogP contribution in [0.25, 0.3) is 0 Å². The van der Waals surface area contributed by atoms with Crippen molar-refractivity contribution in [1.29, 1.82) is 0 Å². The van der Waals surface area contributed by atoms with E-state index in [0.29, 0.717) is 22.8 Å². The predicted molar refractivity (Wildman–Crippen MR) is 102 cm³/mol. The Morgan fingerprint density at radius 2 is 1.72 bits per heavy atom. The number of carbonyl (C=O) groups is 1. The lowest BCUT2D eigenvalue weighted by Crippen LogP contribution is -2.12. The van der Waals surface area contributed by atoms with Crippen molar-refractivity contribution in [3.8, 4) is 0 Å². The van der Waals surface area contributed by atoms with Gasteiger partial charge < -0.3 is 10.6 Å². The van der Waals surface area contributed by atoms with Crippen LogP contribution in [0.5, 0.6) is 0 Å². The molecule has 0 radical (unpaired) electrons. The molecule has 0 saturated carbocycles. The van der Waals surface area contributed by atoms with E-state index in [2.05, 4.69) is 46.8 Å². The third kappa shape index (κ3) is 4.81. The first kappa shape index (κ1) is 17.0. The fraction of sp³-hybridized carbons (Fsp3) is 0.100. The minimum Gasteiger partial charge on any atom is -0.366 e. The molecule has 1 amide bonds. The van der Waals surface area contributed by atoms with Crippen molar-refractivity contribution in [3.63, 3.8) is 0 Å². The summed E-state index contributed by atoms with van der Waals surface area (Å²) in [5, 5.41) is 6.67. The molecular formula is C20H18ClN3O. The molecule has 1 heterocycles. The van der Waals surface area contributed by atoms with Crippen LogP contribution in [0, 0.1) is 6.92 Å². The van der Waals surface area contributed by atoms with E-state index in [0.717, 1.165) is 5.82 Å². The summed E-state index contributed by atoms with van der Waals surface area (Å²) in [5.41, 5.74) is 3.61. The van der Waals surface area contributed by atoms with Gasteiger partial charge in [-0.05, 0) is 48.9 Å². The Kier molecular flexibility index (Phi) is 5.31. The molecule has 0 saturated heterocycles. The van der Waals surface area contributed by atoms with Gasteiger partial charge in [0.05, 0.1) is 11.9 Å². The Bertz CT molecular complexity index is 844. The molecule has 0 aliphatic rings. The van der Waals surface area contributed by atoms with E-state index in [-0.39, 0.29) is 5.91 Å². The highest BCUT2D eigenvalue weighted by Crippen LogP contribution is 2.14. The number of aromatic nitrogens is 1. The van der Waals surface area contributed by atoms with E-state index in [9.17, 15) is 4.79 Å². The van der Waals surface area contributed by atoms with Crippen molar-refractivity contribution in [3.05, 3.63) is 88.6 Å². The van der Waals surface area contributed by atoms with E-state index in [1.54, 1.807) is 30.5 Å². The molecule has 0 atom stereocenters. The molecule has 3 aromatic rings. The number of nitrogens with zero attached hydrogens (tertiary/aromatic N) is 1. The molecule has 0 fully saturated rings. The van der Waals surface area contributed by atoms with E-state index in [1.165, 1.54) is 11.1 Å². The zero-order chi connectivity index (χ0) is 17.6. The molecule has 2 aromatic carbocycles. The fourth-order valence-corrected chi connectivity index (χ4v) is 2.40. The summed E-state index contributed by atoms with van der Waals surface area (Å²) in [7, 11) is 0. The lowest BCUT2D eigenvalue weighted by atomic mass is 10.1. The van der Waals surface area contributed by atoms with Crippen LogP contribution in [-0.4, -0.2) is 10.9 Å². The van der Waals surface area contributed by atoms with Crippen LogP contribution in [0.3, 0.4) is 0 Å². The summed E-state index contributed by atoms with van der Waals surface area (Å²) in [4.78, 5) is 16.5. The Hall–Kier alpha value is -2.85. The van der Waals surface area contributed by atoms with Gasteiger partial charge in [-0.1, -0.05) is 41.4 Å². The number of halogens is 1. The van der Waals surface area contributed by atoms with E-state index < -0.39 is 0 Å². The molecule has 4 nitrogen and oxygen atoms in total. The zero-order valence-electron chi connectivity index (χ0n) is 13.8. The molecule has 0 aliphatic carbocycles. The van der Waals surface area contributed by atoms with Crippen LogP contribution in [0.2, 0.25) is 5.02 Å². The van der Waals surface area contributed by atoms with Gasteiger partial charge in [0.2, 0.25) is 0 Å². The topological polar surface area (TPSA) is 54.0 Å². The Morgan fingerprint density at radius 3 is 2.36 bits per heavy atom.